The van der Waals surface area contributed by atoms with Crippen LogP contribution < -0.4 is 4.72 Å². The van der Waals surface area contributed by atoms with Crippen LogP contribution in [0.25, 0.3) is 0 Å². The maximum Gasteiger partial charge on any atom is 0.216 e. The molecule has 1 saturated heterocycles. The van der Waals surface area contributed by atoms with E-state index in [0.29, 0.717) is 12.5 Å². The Morgan fingerprint density at radius 3 is 2.35 bits per heavy atom. The molecule has 0 amide bonds. The third kappa shape index (κ3) is 5.29. The summed E-state index contributed by atoms with van der Waals surface area (Å²) in [6.45, 7) is 9.70. The van der Waals surface area contributed by atoms with Crippen LogP contribution in [0.2, 0.25) is 0 Å². The van der Waals surface area contributed by atoms with Gasteiger partial charge < -0.3 is 9.47 Å². The molecule has 0 aromatic carbocycles. The first kappa shape index (κ1) is 17.8. The molecule has 7 heteroatoms. The van der Waals surface area contributed by atoms with E-state index in [2.05, 4.69) is 23.5 Å². The van der Waals surface area contributed by atoms with Crippen molar-refractivity contribution in [1.82, 2.24) is 9.62 Å². The number of morpholine rings is 1. The summed E-state index contributed by atoms with van der Waals surface area (Å²) in [6.07, 6.45) is 0. The summed E-state index contributed by atoms with van der Waals surface area (Å²) in [7, 11) is -1.81. The summed E-state index contributed by atoms with van der Waals surface area (Å²) in [5, 5.41) is -0.537. The number of nitrogens with one attached hydrogen (secondary N) is 1. The smallest absolute Gasteiger partial charge is 0.216 e. The summed E-state index contributed by atoms with van der Waals surface area (Å²) in [5.41, 5.74) is 0. The number of methoxy groups -OCH3 is 1. The Bertz CT molecular complexity index is 367. The van der Waals surface area contributed by atoms with Crippen LogP contribution in [0.4, 0.5) is 0 Å². The van der Waals surface area contributed by atoms with E-state index in [1.165, 1.54) is 7.11 Å². The maximum atomic E-state index is 12.1. The molecule has 1 aliphatic heterocycles. The van der Waals surface area contributed by atoms with Crippen LogP contribution in [-0.4, -0.2) is 71.2 Å². The van der Waals surface area contributed by atoms with Crippen LogP contribution >= 0.6 is 0 Å². The van der Waals surface area contributed by atoms with E-state index >= 15 is 0 Å². The predicted molar refractivity (Wildman–Crippen MR) is 79.3 cm³/mol. The monoisotopic (exact) mass is 308 g/mol. The molecular formula is C13H28N2O4S. The van der Waals surface area contributed by atoms with Crippen molar-refractivity contribution >= 4 is 10.0 Å². The van der Waals surface area contributed by atoms with E-state index in [4.69, 9.17) is 9.47 Å². The molecule has 0 aromatic rings. The summed E-state index contributed by atoms with van der Waals surface area (Å²) in [5.74, 6) is 0.383. The van der Waals surface area contributed by atoms with Gasteiger partial charge in [0.25, 0.3) is 0 Å². The van der Waals surface area contributed by atoms with E-state index in [1.807, 2.05) is 0 Å². The highest BCUT2D eigenvalue weighted by Crippen LogP contribution is 2.13. The zero-order valence-electron chi connectivity index (χ0n) is 13.0. The van der Waals surface area contributed by atoms with E-state index in [9.17, 15) is 8.42 Å². The molecule has 0 aliphatic carbocycles. The zero-order valence-corrected chi connectivity index (χ0v) is 13.8. The van der Waals surface area contributed by atoms with E-state index < -0.39 is 15.3 Å². The molecule has 1 fully saturated rings. The number of rotatable bonds is 8. The minimum absolute atomic E-state index is 0.198. The molecule has 1 rings (SSSR count). The van der Waals surface area contributed by atoms with Crippen molar-refractivity contribution in [3.63, 3.8) is 0 Å². The minimum Gasteiger partial charge on any atom is -0.383 e. The molecule has 120 valence electrons. The average Bonchev–Trinajstić information content (AvgIpc) is 2.40. The second kappa shape index (κ2) is 8.29. The molecule has 0 spiro atoms. The van der Waals surface area contributed by atoms with E-state index in [-0.39, 0.29) is 12.6 Å². The second-order valence-electron chi connectivity index (χ2n) is 5.62. The lowest BCUT2D eigenvalue weighted by molar-refractivity contribution is 0.00774. The van der Waals surface area contributed by atoms with Crippen LogP contribution in [0.1, 0.15) is 20.8 Å². The van der Waals surface area contributed by atoms with Crippen molar-refractivity contribution in [2.45, 2.75) is 32.1 Å². The zero-order chi connectivity index (χ0) is 15.2. The average molecular weight is 308 g/mol. The standard InChI is InChI=1S/C13H28N2O4S/c1-11(2)13(15-5-7-19-8-6-15)9-14-20(16,17)12(3)10-18-4/h11-14H,5-10H2,1-4H3/t12-,13-/m1/s1. The fraction of sp³-hybridized carbons (Fsp3) is 1.00. The van der Waals surface area contributed by atoms with Crippen molar-refractivity contribution in [3.8, 4) is 0 Å². The molecule has 0 unspecified atom stereocenters. The number of nitrogens with zero attached hydrogens (tertiary/aromatic N) is 1. The lowest BCUT2D eigenvalue weighted by Crippen LogP contribution is -2.52. The molecule has 0 saturated carbocycles. The molecule has 0 bridgehead atoms. The third-order valence-electron chi connectivity index (χ3n) is 3.71. The highest BCUT2D eigenvalue weighted by atomic mass is 32.2. The number of hydrogen-bond donors (Lipinski definition) is 1. The fourth-order valence-corrected chi connectivity index (χ4v) is 3.37. The van der Waals surface area contributed by atoms with Gasteiger partial charge >= 0.3 is 0 Å². The molecular weight excluding hydrogens is 280 g/mol. The first-order valence-electron chi connectivity index (χ1n) is 7.17. The lowest BCUT2D eigenvalue weighted by atomic mass is 10.0. The number of sulfonamides is 1. The van der Waals surface area contributed by atoms with Gasteiger partial charge in [-0.2, -0.15) is 0 Å². The van der Waals surface area contributed by atoms with Crippen LogP contribution in [0.5, 0.6) is 0 Å². The Morgan fingerprint density at radius 1 is 1.25 bits per heavy atom. The van der Waals surface area contributed by atoms with Gasteiger partial charge in [-0.3, -0.25) is 4.90 Å². The first-order valence-corrected chi connectivity index (χ1v) is 8.72. The Labute approximate surface area is 122 Å². The largest absolute Gasteiger partial charge is 0.383 e. The van der Waals surface area contributed by atoms with Crippen LogP contribution in [0.15, 0.2) is 0 Å². The molecule has 2 atom stereocenters. The molecule has 0 aromatic heterocycles. The van der Waals surface area contributed by atoms with Crippen molar-refractivity contribution < 1.29 is 17.9 Å². The van der Waals surface area contributed by atoms with E-state index in [0.717, 1.165) is 26.3 Å². The summed E-state index contributed by atoms with van der Waals surface area (Å²) >= 11 is 0. The summed E-state index contributed by atoms with van der Waals surface area (Å²) in [6, 6.07) is 0.198. The predicted octanol–water partition coefficient (Wildman–Crippen LogP) is 0.298. The third-order valence-corrected chi connectivity index (χ3v) is 5.47. The molecule has 6 nitrogen and oxygen atoms in total. The van der Waals surface area contributed by atoms with Crippen LogP contribution in [0.3, 0.4) is 0 Å². The van der Waals surface area contributed by atoms with Crippen molar-refractivity contribution in [2.24, 2.45) is 5.92 Å². The highest BCUT2D eigenvalue weighted by molar-refractivity contribution is 7.90. The lowest BCUT2D eigenvalue weighted by Gasteiger charge is -2.37. The van der Waals surface area contributed by atoms with Crippen LogP contribution in [-0.2, 0) is 19.5 Å². The topological polar surface area (TPSA) is 67.9 Å². The van der Waals surface area contributed by atoms with Crippen molar-refractivity contribution in [2.75, 3.05) is 46.6 Å². The van der Waals surface area contributed by atoms with Crippen LogP contribution in [0, 0.1) is 5.92 Å². The quantitative estimate of drug-likeness (QED) is 0.698. The number of ether oxygens (including phenoxy) is 2. The Hall–Kier alpha value is -0.210. The summed E-state index contributed by atoms with van der Waals surface area (Å²) in [4.78, 5) is 2.30. The van der Waals surface area contributed by atoms with Gasteiger partial charge in [0.05, 0.1) is 25.1 Å². The second-order valence-corrected chi connectivity index (χ2v) is 7.80. The van der Waals surface area contributed by atoms with Gasteiger partial charge in [0.2, 0.25) is 10.0 Å². The fourth-order valence-electron chi connectivity index (χ4n) is 2.36. The SMILES string of the molecule is COC[C@@H](C)S(=O)(=O)NC[C@H](C(C)C)N1CCOCC1. The summed E-state index contributed by atoms with van der Waals surface area (Å²) < 4.78 is 37.2. The molecule has 1 N–H and O–H groups in total. The van der Waals surface area contributed by atoms with Gasteiger partial charge in [0.1, 0.15) is 0 Å². The van der Waals surface area contributed by atoms with Crippen molar-refractivity contribution in [1.29, 1.82) is 0 Å². The Kier molecular flexibility index (Phi) is 7.39. The molecule has 1 aliphatic rings. The molecule has 0 radical (unpaired) electrons. The van der Waals surface area contributed by atoms with Crippen molar-refractivity contribution in [3.05, 3.63) is 0 Å². The Morgan fingerprint density at radius 2 is 1.85 bits per heavy atom. The maximum absolute atomic E-state index is 12.1. The number of hydrogen-bond acceptors (Lipinski definition) is 5. The van der Waals surface area contributed by atoms with E-state index in [1.54, 1.807) is 6.92 Å². The van der Waals surface area contributed by atoms with Gasteiger partial charge in [-0.15, -0.1) is 0 Å². The van der Waals surface area contributed by atoms with Gasteiger partial charge in [-0.25, -0.2) is 13.1 Å². The highest BCUT2D eigenvalue weighted by Gasteiger charge is 2.27. The minimum atomic E-state index is -3.32. The van der Waals surface area contributed by atoms with Gasteiger partial charge in [-0.1, -0.05) is 13.8 Å². The molecule has 1 heterocycles. The molecule has 20 heavy (non-hydrogen) atoms. The Balaban J connectivity index is 2.58. The van der Waals surface area contributed by atoms with Gasteiger partial charge in [0, 0.05) is 32.8 Å². The van der Waals surface area contributed by atoms with Gasteiger partial charge in [-0.05, 0) is 12.8 Å². The normalized spacial score (nSPS) is 21.1. The van der Waals surface area contributed by atoms with Gasteiger partial charge in [0.15, 0.2) is 0 Å². The first-order chi connectivity index (χ1) is 9.38.